The Labute approximate surface area is 163 Å². The van der Waals surface area contributed by atoms with Crippen LogP contribution in [0.3, 0.4) is 0 Å². The van der Waals surface area contributed by atoms with Gasteiger partial charge in [-0.3, -0.25) is 0 Å². The largest absolute Gasteiger partial charge is 0.373 e. The van der Waals surface area contributed by atoms with Crippen molar-refractivity contribution in [1.82, 2.24) is 19.2 Å². The Morgan fingerprint density at radius 3 is 1.50 bits per heavy atom. The van der Waals surface area contributed by atoms with Crippen LogP contribution in [0.25, 0.3) is 0 Å². The minimum atomic E-state index is 0.156. The van der Waals surface area contributed by atoms with Gasteiger partial charge >= 0.3 is 0 Å². The number of hydrogen-bond acceptors (Lipinski definition) is 10. The second-order valence-electron chi connectivity index (χ2n) is 6.97. The molecule has 26 heavy (non-hydrogen) atoms. The van der Waals surface area contributed by atoms with Crippen molar-refractivity contribution in [2.45, 2.75) is 24.4 Å². The number of morpholine rings is 4. The first-order valence-electron chi connectivity index (χ1n) is 9.61. The second kappa shape index (κ2) is 10.2. The zero-order valence-corrected chi connectivity index (χ0v) is 16.8. The van der Waals surface area contributed by atoms with Gasteiger partial charge in [-0.2, -0.15) is 0 Å². The lowest BCUT2D eigenvalue weighted by Gasteiger charge is -2.39. The van der Waals surface area contributed by atoms with Crippen LogP contribution >= 0.6 is 22.0 Å². The Bertz CT molecular complexity index is 389. The van der Waals surface area contributed by atoms with Gasteiger partial charge in [0.1, 0.15) is 0 Å². The van der Waals surface area contributed by atoms with Gasteiger partial charge in [-0.1, -0.05) is 0 Å². The summed E-state index contributed by atoms with van der Waals surface area (Å²) in [6.45, 7) is 10.5. The summed E-state index contributed by atoms with van der Waals surface area (Å²) in [4.78, 5) is 0. The van der Waals surface area contributed by atoms with E-state index in [4.69, 9.17) is 18.9 Å². The average Bonchev–Trinajstić information content (AvgIpc) is 2.74. The molecule has 0 radical (unpaired) electrons. The van der Waals surface area contributed by atoms with Gasteiger partial charge in [0.25, 0.3) is 0 Å². The molecule has 10 heteroatoms. The van der Waals surface area contributed by atoms with Gasteiger partial charge in [0.15, 0.2) is 0 Å². The van der Waals surface area contributed by atoms with E-state index in [0.717, 1.165) is 78.8 Å². The van der Waals surface area contributed by atoms with Gasteiger partial charge in [-0.25, -0.2) is 8.61 Å². The van der Waals surface area contributed by atoms with Crippen molar-refractivity contribution in [2.75, 3.05) is 78.8 Å². The molecule has 4 fully saturated rings. The Balaban J connectivity index is 1.20. The first kappa shape index (κ1) is 19.7. The fraction of sp³-hybridized carbons (Fsp3) is 1.00. The molecule has 0 aromatic heterocycles. The molecular weight excluding hydrogens is 376 g/mol. The zero-order chi connectivity index (χ0) is 17.6. The van der Waals surface area contributed by atoms with E-state index in [2.05, 4.69) is 19.2 Å². The molecule has 4 saturated heterocycles. The Kier molecular flexibility index (Phi) is 7.75. The molecule has 0 spiro atoms. The molecule has 0 aromatic carbocycles. The molecule has 4 atom stereocenters. The van der Waals surface area contributed by atoms with Crippen molar-refractivity contribution in [3.05, 3.63) is 0 Å². The third kappa shape index (κ3) is 5.47. The lowest BCUT2D eigenvalue weighted by Crippen LogP contribution is -2.53. The van der Waals surface area contributed by atoms with Crippen LogP contribution in [-0.2, 0) is 18.9 Å². The second-order valence-corrected chi connectivity index (χ2v) is 9.20. The number of nitrogens with one attached hydrogen (secondary N) is 2. The molecular formula is C16H30N4O4S2. The van der Waals surface area contributed by atoms with Crippen LogP contribution in [0.5, 0.6) is 0 Å². The fourth-order valence-electron chi connectivity index (χ4n) is 3.63. The van der Waals surface area contributed by atoms with Crippen LogP contribution in [-0.4, -0.2) is 112 Å². The summed E-state index contributed by atoms with van der Waals surface area (Å²) in [6, 6.07) is 0. The molecule has 0 saturated carbocycles. The number of hydrogen-bond donors (Lipinski definition) is 2. The molecule has 2 N–H and O–H groups in total. The Morgan fingerprint density at radius 1 is 0.615 bits per heavy atom. The van der Waals surface area contributed by atoms with E-state index in [0.29, 0.717) is 0 Å². The van der Waals surface area contributed by atoms with Gasteiger partial charge in [-0.15, -0.1) is 0 Å². The monoisotopic (exact) mass is 406 g/mol. The Morgan fingerprint density at radius 2 is 1.08 bits per heavy atom. The third-order valence-electron chi connectivity index (χ3n) is 5.10. The molecule has 0 bridgehead atoms. The van der Waals surface area contributed by atoms with Crippen molar-refractivity contribution >= 4 is 22.0 Å². The quantitative estimate of drug-likeness (QED) is 0.465. The minimum absolute atomic E-state index is 0.156. The molecule has 0 aromatic rings. The van der Waals surface area contributed by atoms with Gasteiger partial charge in [0.05, 0.1) is 50.8 Å². The molecule has 8 nitrogen and oxygen atoms in total. The zero-order valence-electron chi connectivity index (χ0n) is 15.1. The van der Waals surface area contributed by atoms with E-state index >= 15 is 0 Å². The van der Waals surface area contributed by atoms with Crippen LogP contribution < -0.4 is 10.6 Å². The van der Waals surface area contributed by atoms with Gasteiger partial charge < -0.3 is 29.6 Å². The molecule has 0 amide bonds. The van der Waals surface area contributed by atoms with E-state index in [9.17, 15) is 0 Å². The maximum Gasteiger partial charge on any atom is 0.0986 e. The first-order chi connectivity index (χ1) is 12.9. The van der Waals surface area contributed by atoms with Gasteiger partial charge in [0, 0.05) is 74.3 Å². The van der Waals surface area contributed by atoms with Crippen LogP contribution in [0.4, 0.5) is 0 Å². The summed E-state index contributed by atoms with van der Waals surface area (Å²) in [7, 11) is 3.66. The third-order valence-corrected chi connectivity index (χ3v) is 7.71. The van der Waals surface area contributed by atoms with E-state index < -0.39 is 0 Å². The van der Waals surface area contributed by atoms with Gasteiger partial charge in [-0.05, 0) is 0 Å². The Hall–Kier alpha value is 0.380. The SMILES string of the molecule is C1COC(C2CN(SSN3CCOC(C4CNCCO4)C3)CCO2)CN1. The fourth-order valence-corrected chi connectivity index (χ4v) is 5.91. The number of rotatable bonds is 5. The lowest BCUT2D eigenvalue weighted by atomic mass is 10.1. The highest BCUT2D eigenvalue weighted by Crippen LogP contribution is 2.33. The van der Waals surface area contributed by atoms with Crippen molar-refractivity contribution in [1.29, 1.82) is 0 Å². The minimum Gasteiger partial charge on any atom is -0.373 e. The summed E-state index contributed by atoms with van der Waals surface area (Å²) >= 11 is 0. The summed E-state index contributed by atoms with van der Waals surface area (Å²) in [6.07, 6.45) is 0.648. The summed E-state index contributed by atoms with van der Waals surface area (Å²) in [5.41, 5.74) is 0. The standard InChI is InChI=1S/C16H30N4O4S2/c1-5-21-13(9-17-1)15-11-19(3-7-23-15)25-26-20-4-8-24-16(12-20)14-10-18-2-6-22-14/h13-18H,1-12H2. The molecule has 150 valence electrons. The highest BCUT2D eigenvalue weighted by atomic mass is 33.1. The highest BCUT2D eigenvalue weighted by Gasteiger charge is 2.33. The average molecular weight is 407 g/mol. The predicted molar refractivity (Wildman–Crippen MR) is 103 cm³/mol. The van der Waals surface area contributed by atoms with Crippen molar-refractivity contribution in [3.63, 3.8) is 0 Å². The van der Waals surface area contributed by atoms with Crippen molar-refractivity contribution in [3.8, 4) is 0 Å². The molecule has 4 rings (SSSR count). The maximum absolute atomic E-state index is 5.95. The van der Waals surface area contributed by atoms with E-state index in [-0.39, 0.29) is 24.4 Å². The van der Waals surface area contributed by atoms with Crippen LogP contribution in [0.2, 0.25) is 0 Å². The molecule has 0 aliphatic carbocycles. The van der Waals surface area contributed by atoms with Crippen molar-refractivity contribution < 1.29 is 18.9 Å². The van der Waals surface area contributed by atoms with Crippen LogP contribution in [0.1, 0.15) is 0 Å². The van der Waals surface area contributed by atoms with Crippen LogP contribution in [0.15, 0.2) is 0 Å². The topological polar surface area (TPSA) is 67.5 Å². The van der Waals surface area contributed by atoms with E-state index in [1.165, 1.54) is 0 Å². The number of nitrogens with zero attached hydrogens (tertiary/aromatic N) is 2. The summed E-state index contributed by atoms with van der Waals surface area (Å²) in [5.74, 6) is 0. The lowest BCUT2D eigenvalue weighted by molar-refractivity contribution is -0.106. The highest BCUT2D eigenvalue weighted by molar-refractivity contribution is 8.74. The van der Waals surface area contributed by atoms with Gasteiger partial charge in [0.2, 0.25) is 0 Å². The van der Waals surface area contributed by atoms with Crippen LogP contribution in [0, 0.1) is 0 Å². The van der Waals surface area contributed by atoms with E-state index in [1.54, 1.807) is 0 Å². The first-order valence-corrected chi connectivity index (χ1v) is 11.7. The normalized spacial score (nSPS) is 38.3. The predicted octanol–water partition coefficient (Wildman–Crippen LogP) is -0.424. The number of ether oxygens (including phenoxy) is 4. The molecule has 4 unspecified atom stereocenters. The molecule has 4 aliphatic heterocycles. The van der Waals surface area contributed by atoms with Crippen molar-refractivity contribution in [2.24, 2.45) is 0 Å². The summed E-state index contributed by atoms with van der Waals surface area (Å²) < 4.78 is 28.4. The molecule has 4 aliphatic rings. The molecule has 4 heterocycles. The summed E-state index contributed by atoms with van der Waals surface area (Å²) in [5, 5.41) is 6.78. The maximum atomic E-state index is 5.95. The smallest absolute Gasteiger partial charge is 0.0986 e. The van der Waals surface area contributed by atoms with E-state index in [1.807, 2.05) is 22.0 Å².